The highest BCUT2D eigenvalue weighted by molar-refractivity contribution is 5.89. The fraction of sp³-hybridized carbons (Fsp3) is 0.320. The molecule has 0 bridgehead atoms. The minimum Gasteiger partial charge on any atom is -0.490 e. The van der Waals surface area contributed by atoms with Gasteiger partial charge in [0, 0.05) is 35.7 Å². The first-order chi connectivity index (χ1) is 15.5. The molecule has 166 valence electrons. The number of aryl methyl sites for hydroxylation is 1. The molecule has 3 N–H and O–H groups in total. The van der Waals surface area contributed by atoms with Gasteiger partial charge in [0.25, 0.3) is 0 Å². The summed E-state index contributed by atoms with van der Waals surface area (Å²) in [6.07, 6.45) is 8.21. The zero-order valence-electron chi connectivity index (χ0n) is 18.5. The van der Waals surface area contributed by atoms with Gasteiger partial charge in [-0.1, -0.05) is 12.5 Å². The fourth-order valence-electron chi connectivity index (χ4n) is 3.76. The predicted molar refractivity (Wildman–Crippen MR) is 128 cm³/mol. The summed E-state index contributed by atoms with van der Waals surface area (Å²) >= 11 is 0. The van der Waals surface area contributed by atoms with Crippen LogP contribution >= 0.6 is 0 Å². The number of nitrogens with zero attached hydrogens (tertiary/aromatic N) is 2. The van der Waals surface area contributed by atoms with Gasteiger partial charge in [0.1, 0.15) is 11.6 Å². The van der Waals surface area contributed by atoms with Gasteiger partial charge in [-0.3, -0.25) is 4.79 Å². The van der Waals surface area contributed by atoms with Crippen molar-refractivity contribution in [1.29, 1.82) is 0 Å². The largest absolute Gasteiger partial charge is 0.490 e. The first-order valence-electron chi connectivity index (χ1n) is 11.1. The second-order valence-corrected chi connectivity index (χ2v) is 8.14. The molecule has 0 spiro atoms. The molecule has 2 aromatic carbocycles. The molecule has 0 radical (unpaired) electrons. The van der Waals surface area contributed by atoms with Crippen molar-refractivity contribution < 1.29 is 9.53 Å². The van der Waals surface area contributed by atoms with Crippen LogP contribution in [0, 0.1) is 6.92 Å². The number of ether oxygens (including phenoxy) is 1. The molecule has 1 saturated carbocycles. The number of nitrogens with one attached hydrogen (secondary N) is 3. The third-order valence-corrected chi connectivity index (χ3v) is 5.38. The molecule has 0 atom stereocenters. The third kappa shape index (κ3) is 5.97. The monoisotopic (exact) mass is 431 g/mol. The lowest BCUT2D eigenvalue weighted by atomic mass is 9.98. The first-order valence-corrected chi connectivity index (χ1v) is 11.1. The number of carbonyl (C=O) groups excluding carboxylic acids is 1. The Hall–Kier alpha value is -3.61. The van der Waals surface area contributed by atoms with E-state index in [0.29, 0.717) is 17.9 Å². The summed E-state index contributed by atoms with van der Waals surface area (Å²) in [5.41, 5.74) is 3.36. The number of benzene rings is 2. The lowest BCUT2D eigenvalue weighted by Crippen LogP contribution is -2.19. The van der Waals surface area contributed by atoms with E-state index in [0.717, 1.165) is 41.2 Å². The lowest BCUT2D eigenvalue weighted by Gasteiger charge is -2.23. The lowest BCUT2D eigenvalue weighted by molar-refractivity contribution is -0.114. The van der Waals surface area contributed by atoms with Crippen LogP contribution in [0.1, 0.15) is 44.6 Å². The highest BCUT2D eigenvalue weighted by atomic mass is 16.5. The second kappa shape index (κ2) is 10.1. The van der Waals surface area contributed by atoms with E-state index in [4.69, 9.17) is 4.74 Å². The van der Waals surface area contributed by atoms with Gasteiger partial charge in [0.2, 0.25) is 11.9 Å². The molecular formula is C25H29N5O2. The van der Waals surface area contributed by atoms with Crippen molar-refractivity contribution in [1.82, 2.24) is 9.97 Å². The molecule has 1 amide bonds. The molecule has 0 unspecified atom stereocenters. The van der Waals surface area contributed by atoms with Gasteiger partial charge in [-0.05, 0) is 75.1 Å². The van der Waals surface area contributed by atoms with Crippen LogP contribution in [0.5, 0.6) is 5.75 Å². The van der Waals surface area contributed by atoms with E-state index < -0.39 is 0 Å². The Morgan fingerprint density at radius 1 is 0.969 bits per heavy atom. The summed E-state index contributed by atoms with van der Waals surface area (Å²) in [5.74, 6) is 1.98. The predicted octanol–water partition coefficient (Wildman–Crippen LogP) is 5.94. The number of rotatable bonds is 7. The van der Waals surface area contributed by atoms with Crippen molar-refractivity contribution in [3.63, 3.8) is 0 Å². The number of anilines is 5. The number of aromatic nitrogens is 2. The standard InChI is InChI=1S/C25H29N5O2/c1-17-16-26-25(30-24(17)28-21-8-6-7-20(15-21)27-18(2)31)29-19-11-13-23(14-12-19)32-22-9-4-3-5-10-22/h6-8,11-16,22H,3-5,9-10H2,1-2H3,(H,27,31)(H2,26,28,29,30). The maximum atomic E-state index is 11.3. The van der Waals surface area contributed by atoms with Crippen molar-refractivity contribution in [3.8, 4) is 5.75 Å². The average molecular weight is 432 g/mol. The van der Waals surface area contributed by atoms with Crippen molar-refractivity contribution in [3.05, 3.63) is 60.3 Å². The number of amides is 1. The molecule has 1 aliphatic rings. The minimum atomic E-state index is -0.109. The van der Waals surface area contributed by atoms with Crippen LogP contribution in [0.4, 0.5) is 28.8 Å². The first kappa shape index (κ1) is 21.6. The smallest absolute Gasteiger partial charge is 0.229 e. The van der Waals surface area contributed by atoms with E-state index in [1.54, 1.807) is 6.20 Å². The van der Waals surface area contributed by atoms with Gasteiger partial charge in [-0.25, -0.2) is 4.98 Å². The van der Waals surface area contributed by atoms with Crippen molar-refractivity contribution in [2.75, 3.05) is 16.0 Å². The Balaban J connectivity index is 1.42. The van der Waals surface area contributed by atoms with Crippen LogP contribution in [0.2, 0.25) is 0 Å². The topological polar surface area (TPSA) is 88.2 Å². The zero-order valence-corrected chi connectivity index (χ0v) is 18.5. The van der Waals surface area contributed by atoms with Crippen LogP contribution in [0.25, 0.3) is 0 Å². The van der Waals surface area contributed by atoms with Gasteiger partial charge >= 0.3 is 0 Å². The molecule has 1 heterocycles. The molecule has 7 nitrogen and oxygen atoms in total. The quantitative estimate of drug-likeness (QED) is 0.429. The summed E-state index contributed by atoms with van der Waals surface area (Å²) in [7, 11) is 0. The Morgan fingerprint density at radius 3 is 2.47 bits per heavy atom. The maximum absolute atomic E-state index is 11.3. The third-order valence-electron chi connectivity index (χ3n) is 5.38. The SMILES string of the molecule is CC(=O)Nc1cccc(Nc2nc(Nc3ccc(OC4CCCCC4)cc3)ncc2C)c1. The fourth-order valence-corrected chi connectivity index (χ4v) is 3.76. The summed E-state index contributed by atoms with van der Waals surface area (Å²) in [6.45, 7) is 3.43. The highest BCUT2D eigenvalue weighted by Gasteiger charge is 2.14. The molecule has 7 heteroatoms. The summed E-state index contributed by atoms with van der Waals surface area (Å²) in [5, 5.41) is 9.34. The maximum Gasteiger partial charge on any atom is 0.229 e. The number of carbonyl (C=O) groups is 1. The van der Waals surface area contributed by atoms with Gasteiger partial charge in [-0.15, -0.1) is 0 Å². The normalized spacial score (nSPS) is 13.9. The summed E-state index contributed by atoms with van der Waals surface area (Å²) < 4.78 is 6.10. The van der Waals surface area contributed by atoms with E-state index in [-0.39, 0.29) is 5.91 Å². The Labute approximate surface area is 188 Å². The Morgan fingerprint density at radius 2 is 1.72 bits per heavy atom. The Kier molecular flexibility index (Phi) is 6.84. The van der Waals surface area contributed by atoms with E-state index in [2.05, 4.69) is 25.9 Å². The molecule has 1 fully saturated rings. The average Bonchev–Trinajstić information content (AvgIpc) is 2.78. The van der Waals surface area contributed by atoms with Crippen LogP contribution in [-0.4, -0.2) is 22.0 Å². The van der Waals surface area contributed by atoms with Crippen molar-refractivity contribution in [2.24, 2.45) is 0 Å². The minimum absolute atomic E-state index is 0.109. The van der Waals surface area contributed by atoms with Gasteiger partial charge in [0.15, 0.2) is 0 Å². The van der Waals surface area contributed by atoms with Crippen LogP contribution in [0.3, 0.4) is 0 Å². The molecule has 3 aromatic rings. The van der Waals surface area contributed by atoms with Crippen LogP contribution in [-0.2, 0) is 4.79 Å². The van der Waals surface area contributed by atoms with Crippen LogP contribution in [0.15, 0.2) is 54.7 Å². The number of hydrogen-bond donors (Lipinski definition) is 3. The summed E-state index contributed by atoms with van der Waals surface area (Å²) in [6, 6.07) is 15.4. The van der Waals surface area contributed by atoms with E-state index in [1.165, 1.54) is 26.2 Å². The van der Waals surface area contributed by atoms with Gasteiger partial charge in [-0.2, -0.15) is 4.98 Å². The molecule has 0 aliphatic heterocycles. The molecule has 1 aromatic heterocycles. The van der Waals surface area contributed by atoms with Crippen LogP contribution < -0.4 is 20.7 Å². The van der Waals surface area contributed by atoms with Crippen molar-refractivity contribution >= 4 is 34.7 Å². The van der Waals surface area contributed by atoms with E-state index in [1.807, 2.05) is 55.5 Å². The van der Waals surface area contributed by atoms with Crippen molar-refractivity contribution in [2.45, 2.75) is 52.1 Å². The van der Waals surface area contributed by atoms with Gasteiger partial charge < -0.3 is 20.7 Å². The molecule has 4 rings (SSSR count). The zero-order chi connectivity index (χ0) is 22.3. The summed E-state index contributed by atoms with van der Waals surface area (Å²) in [4.78, 5) is 20.3. The van der Waals surface area contributed by atoms with E-state index in [9.17, 15) is 4.79 Å². The molecule has 0 saturated heterocycles. The van der Waals surface area contributed by atoms with Gasteiger partial charge in [0.05, 0.1) is 6.10 Å². The second-order valence-electron chi connectivity index (χ2n) is 8.14. The molecule has 32 heavy (non-hydrogen) atoms. The molecule has 1 aliphatic carbocycles. The van der Waals surface area contributed by atoms with E-state index >= 15 is 0 Å². The highest BCUT2D eigenvalue weighted by Crippen LogP contribution is 2.26. The molecular weight excluding hydrogens is 402 g/mol. The number of hydrogen-bond acceptors (Lipinski definition) is 6. The Bertz CT molecular complexity index is 1060.